The first-order valence-corrected chi connectivity index (χ1v) is 21.8. The highest BCUT2D eigenvalue weighted by Gasteiger charge is 2.54. The molecule has 8 rings (SSSR count). The highest BCUT2D eigenvalue weighted by atomic mass is 32.2. The highest BCUT2D eigenvalue weighted by Crippen LogP contribution is 2.52. The van der Waals surface area contributed by atoms with Crippen molar-refractivity contribution < 1.29 is 31.5 Å². The lowest BCUT2D eigenvalue weighted by molar-refractivity contribution is -0.127. The highest BCUT2D eigenvalue weighted by molar-refractivity contribution is 7.89. The van der Waals surface area contributed by atoms with E-state index in [2.05, 4.69) is 27.8 Å². The van der Waals surface area contributed by atoms with E-state index in [-0.39, 0.29) is 58.5 Å². The standard InChI is InChI=1S/C42H56F2N6O5S/c1-4-40(52)49-23-34-21-33(49)24-50(34)56(53,54)35-12-13-39(37(44)22-35)48-26-41(27-48,55-3)25-47-18-14-30(15-19-47)42(28-46-16-7-17-46,31-8-5-9-32(43)20-31)36-10-6-11-38(36)45-29(2)51/h4-5,8-9,12-13,20,22,30,33-34,36,38H,1,6-7,10-11,14-19,21,23-28H2,2-3H3,(H,45,51)/t33-,34?,36-,38-,42-/m0/s1. The summed E-state index contributed by atoms with van der Waals surface area (Å²) in [5.41, 5.74) is 0.582. The van der Waals surface area contributed by atoms with Crippen molar-refractivity contribution in [2.75, 3.05) is 77.5 Å². The lowest BCUT2D eigenvalue weighted by Gasteiger charge is -2.55. The fourth-order valence-corrected chi connectivity index (χ4v) is 12.9. The van der Waals surface area contributed by atoms with Gasteiger partial charge in [-0.2, -0.15) is 4.31 Å². The number of nitrogens with zero attached hydrogens (tertiary/aromatic N) is 5. The van der Waals surface area contributed by atoms with Crippen LogP contribution < -0.4 is 10.2 Å². The van der Waals surface area contributed by atoms with Gasteiger partial charge in [-0.1, -0.05) is 25.1 Å². The number of carbonyl (C=O) groups excluding carboxylic acids is 2. The van der Waals surface area contributed by atoms with Crippen LogP contribution in [0.1, 0.15) is 57.4 Å². The molecule has 1 saturated carbocycles. The second kappa shape index (κ2) is 15.4. The Hall–Kier alpha value is -3.43. The van der Waals surface area contributed by atoms with E-state index in [1.807, 2.05) is 11.0 Å². The van der Waals surface area contributed by atoms with Crippen molar-refractivity contribution in [1.82, 2.24) is 24.3 Å². The first-order valence-electron chi connectivity index (χ1n) is 20.4. The summed E-state index contributed by atoms with van der Waals surface area (Å²) in [5.74, 6) is -0.530. The zero-order valence-corrected chi connectivity index (χ0v) is 33.5. The lowest BCUT2D eigenvalue weighted by Crippen LogP contribution is -2.68. The smallest absolute Gasteiger partial charge is 0.246 e. The fraction of sp³-hybridized carbons (Fsp3) is 0.619. The molecule has 1 N–H and O–H groups in total. The molecule has 2 bridgehead atoms. The molecule has 14 heteroatoms. The predicted octanol–water partition coefficient (Wildman–Crippen LogP) is 3.99. The molecule has 0 spiro atoms. The van der Waals surface area contributed by atoms with Gasteiger partial charge in [0.15, 0.2) is 0 Å². The van der Waals surface area contributed by atoms with E-state index >= 15 is 8.78 Å². The van der Waals surface area contributed by atoms with Crippen molar-refractivity contribution in [1.29, 1.82) is 0 Å². The van der Waals surface area contributed by atoms with Crippen LogP contribution in [0.3, 0.4) is 0 Å². The fourth-order valence-electron chi connectivity index (χ4n) is 11.3. The molecule has 2 aromatic carbocycles. The van der Waals surface area contributed by atoms with Gasteiger partial charge in [0.2, 0.25) is 21.8 Å². The van der Waals surface area contributed by atoms with Gasteiger partial charge in [0, 0.05) is 63.8 Å². The number of anilines is 1. The second-order valence-corrected chi connectivity index (χ2v) is 19.1. The molecule has 2 amide bonds. The van der Waals surface area contributed by atoms with E-state index in [0.29, 0.717) is 44.2 Å². The molecule has 0 radical (unpaired) electrons. The van der Waals surface area contributed by atoms with Crippen LogP contribution >= 0.6 is 0 Å². The minimum atomic E-state index is -3.94. The van der Waals surface area contributed by atoms with Gasteiger partial charge in [-0.3, -0.25) is 9.59 Å². The molecule has 0 aromatic heterocycles. The Morgan fingerprint density at radius 2 is 1.75 bits per heavy atom. The summed E-state index contributed by atoms with van der Waals surface area (Å²) in [4.78, 5) is 33.0. The Balaban J connectivity index is 0.938. The third kappa shape index (κ3) is 7.07. The largest absolute Gasteiger partial charge is 0.373 e. The number of rotatable bonds is 13. The molecule has 5 heterocycles. The van der Waals surface area contributed by atoms with Crippen LogP contribution in [0.4, 0.5) is 14.5 Å². The Bertz CT molecular complexity index is 1930. The minimum Gasteiger partial charge on any atom is -0.373 e. The molecule has 56 heavy (non-hydrogen) atoms. The third-order valence-electron chi connectivity index (χ3n) is 14.1. The van der Waals surface area contributed by atoms with Crippen molar-refractivity contribution in [2.24, 2.45) is 11.8 Å². The summed E-state index contributed by atoms with van der Waals surface area (Å²) in [6.07, 6.45) is 7.82. The minimum absolute atomic E-state index is 0.0150. The number of fused-ring (bicyclic) bond motifs is 2. The number of hydrogen-bond acceptors (Lipinski definition) is 8. The lowest BCUT2D eigenvalue weighted by atomic mass is 9.57. The van der Waals surface area contributed by atoms with Gasteiger partial charge in [-0.25, -0.2) is 17.2 Å². The number of piperidine rings is 1. The first kappa shape index (κ1) is 39.4. The van der Waals surface area contributed by atoms with Crippen molar-refractivity contribution in [3.05, 3.63) is 72.3 Å². The van der Waals surface area contributed by atoms with Crippen LogP contribution in [0.5, 0.6) is 0 Å². The number of likely N-dealkylation sites (tertiary alicyclic amines) is 3. The molecule has 1 aliphatic carbocycles. The average molecular weight is 795 g/mol. The maximum absolute atomic E-state index is 15.7. The van der Waals surface area contributed by atoms with Crippen LogP contribution in [-0.4, -0.2) is 136 Å². The monoisotopic (exact) mass is 794 g/mol. The number of ether oxygens (including phenoxy) is 1. The Kier molecular flexibility index (Phi) is 10.8. The average Bonchev–Trinajstić information content (AvgIpc) is 3.90. The number of nitrogens with one attached hydrogen (secondary N) is 1. The van der Waals surface area contributed by atoms with Crippen LogP contribution in [0.25, 0.3) is 0 Å². The van der Waals surface area contributed by atoms with E-state index in [1.165, 1.54) is 28.9 Å². The molecule has 5 aliphatic heterocycles. The quantitative estimate of drug-likeness (QED) is 0.304. The molecular formula is C42H56F2N6O5S. The number of benzene rings is 2. The summed E-state index contributed by atoms with van der Waals surface area (Å²) >= 11 is 0. The zero-order chi connectivity index (χ0) is 39.4. The van der Waals surface area contributed by atoms with Gasteiger partial charge in [0.05, 0.1) is 23.7 Å². The maximum atomic E-state index is 15.7. The van der Waals surface area contributed by atoms with Crippen molar-refractivity contribution in [3.63, 3.8) is 0 Å². The predicted molar refractivity (Wildman–Crippen MR) is 210 cm³/mol. The normalized spacial score (nSPS) is 28.1. The Morgan fingerprint density at radius 1 is 0.982 bits per heavy atom. The van der Waals surface area contributed by atoms with Crippen LogP contribution in [-0.2, 0) is 29.8 Å². The summed E-state index contributed by atoms with van der Waals surface area (Å²) in [5, 5.41) is 3.29. The van der Waals surface area contributed by atoms with Crippen LogP contribution in [0.15, 0.2) is 60.0 Å². The number of amides is 2. The molecule has 11 nitrogen and oxygen atoms in total. The van der Waals surface area contributed by atoms with Gasteiger partial charge in [0.1, 0.15) is 17.2 Å². The van der Waals surface area contributed by atoms with E-state index in [1.54, 1.807) is 31.1 Å². The summed E-state index contributed by atoms with van der Waals surface area (Å²) in [6, 6.07) is 10.9. The molecule has 2 aromatic rings. The molecule has 5 atom stereocenters. The van der Waals surface area contributed by atoms with E-state index in [9.17, 15) is 18.0 Å². The Morgan fingerprint density at radius 3 is 2.36 bits per heavy atom. The maximum Gasteiger partial charge on any atom is 0.246 e. The molecule has 6 aliphatic rings. The van der Waals surface area contributed by atoms with Crippen molar-refractivity contribution >= 4 is 27.5 Å². The number of sulfonamides is 1. The van der Waals surface area contributed by atoms with E-state index in [0.717, 1.165) is 76.5 Å². The molecular weight excluding hydrogens is 739 g/mol. The number of halogens is 2. The van der Waals surface area contributed by atoms with E-state index < -0.39 is 21.4 Å². The van der Waals surface area contributed by atoms with Gasteiger partial charge in [0.25, 0.3) is 0 Å². The summed E-state index contributed by atoms with van der Waals surface area (Å²) in [6.45, 7) is 11.9. The summed E-state index contributed by atoms with van der Waals surface area (Å²) in [7, 11) is -2.24. The molecule has 304 valence electrons. The molecule has 5 saturated heterocycles. The van der Waals surface area contributed by atoms with Gasteiger partial charge >= 0.3 is 0 Å². The van der Waals surface area contributed by atoms with E-state index in [4.69, 9.17) is 4.74 Å². The third-order valence-corrected chi connectivity index (χ3v) is 16.0. The number of carbonyl (C=O) groups is 2. The zero-order valence-electron chi connectivity index (χ0n) is 32.7. The Labute approximate surface area is 330 Å². The second-order valence-electron chi connectivity index (χ2n) is 17.2. The topological polar surface area (TPSA) is 106 Å². The van der Waals surface area contributed by atoms with Crippen LogP contribution in [0.2, 0.25) is 0 Å². The van der Waals surface area contributed by atoms with Crippen LogP contribution in [0, 0.1) is 23.5 Å². The van der Waals surface area contributed by atoms with Gasteiger partial charge in [-0.15, -0.1) is 0 Å². The number of piperazine rings is 1. The molecule has 1 unspecified atom stereocenters. The SMILES string of the molecule is C=CC(=O)N1CC2C[C@H]1CN2S(=O)(=O)c1ccc(N2CC(CN3CCC([C@@](CN4CCC4)(c4cccc(F)c4)[C@H]4CCC[C@@H]4NC(C)=O)CC3)(OC)C2)c(F)c1. The van der Waals surface area contributed by atoms with Gasteiger partial charge < -0.3 is 29.7 Å². The summed E-state index contributed by atoms with van der Waals surface area (Å²) < 4.78 is 65.5. The van der Waals surface area contributed by atoms with Crippen molar-refractivity contribution in [2.45, 2.75) is 85.9 Å². The number of methoxy groups -OCH3 is 1. The van der Waals surface area contributed by atoms with Gasteiger partial charge in [-0.05, 0) is 119 Å². The number of hydrogen-bond donors (Lipinski definition) is 1. The first-order chi connectivity index (χ1) is 26.9. The molecule has 6 fully saturated rings. The van der Waals surface area contributed by atoms with Crippen molar-refractivity contribution in [3.8, 4) is 0 Å².